The summed E-state index contributed by atoms with van der Waals surface area (Å²) in [6.45, 7) is 2.96. The molecule has 0 heterocycles. The number of allylic oxidation sites excluding steroid dienone is 3. The predicted octanol–water partition coefficient (Wildman–Crippen LogP) is 1.11. The van der Waals surface area contributed by atoms with Gasteiger partial charge in [-0.3, -0.25) is 0 Å². The van der Waals surface area contributed by atoms with Gasteiger partial charge in [0.2, 0.25) is 0 Å². The lowest BCUT2D eigenvalue weighted by Gasteiger charge is -2.04. The van der Waals surface area contributed by atoms with Gasteiger partial charge in [0, 0.05) is 18.3 Å². The average Bonchev–Trinajstić information content (AvgIpc) is 2.07. The van der Waals surface area contributed by atoms with Gasteiger partial charge in [-0.05, 0) is 19.1 Å². The van der Waals surface area contributed by atoms with Gasteiger partial charge in [0.25, 0.3) is 5.71 Å². The Hall–Kier alpha value is -1.34. The molecule has 0 aromatic carbocycles. The van der Waals surface area contributed by atoms with Crippen LogP contribution >= 0.6 is 0 Å². The molecule has 0 aliphatic heterocycles. The summed E-state index contributed by atoms with van der Waals surface area (Å²) in [4.78, 5) is 3.10. The number of likely N-dealkylation sites (N-methyl/N-ethyl adjacent to an activating group) is 1. The first-order valence-electron chi connectivity index (χ1n) is 3.70. The fourth-order valence-electron chi connectivity index (χ4n) is 0.946. The molecule has 1 rings (SSSR count). The number of hydrogen-bond donors (Lipinski definition) is 1. The maximum absolute atomic E-state index is 8.39. The Kier molecular flexibility index (Phi) is 2.64. The van der Waals surface area contributed by atoms with Gasteiger partial charge in [-0.2, -0.15) is 4.79 Å². The minimum Gasteiger partial charge on any atom is -0.386 e. The summed E-state index contributed by atoms with van der Waals surface area (Å²) < 4.78 is 0. The van der Waals surface area contributed by atoms with Crippen molar-refractivity contribution in [3.63, 3.8) is 0 Å². The first kappa shape index (κ1) is 7.76. The van der Waals surface area contributed by atoms with E-state index in [4.69, 9.17) is 5.53 Å². The summed E-state index contributed by atoms with van der Waals surface area (Å²) in [6, 6.07) is 0. The lowest BCUT2D eigenvalue weighted by molar-refractivity contribution is -0.00542. The second-order valence-electron chi connectivity index (χ2n) is 2.32. The van der Waals surface area contributed by atoms with Crippen molar-refractivity contribution in [2.24, 2.45) is 0 Å². The SMILES string of the molecule is CCNC1=CCC(=[N+]=[N-])C=C1. The number of rotatable bonds is 2. The Bertz CT molecular complexity index is 244. The molecular weight excluding hydrogens is 138 g/mol. The molecular formula is C8H11N3. The topological polar surface area (TPSA) is 48.4 Å². The van der Waals surface area contributed by atoms with Gasteiger partial charge in [0.05, 0.1) is 6.42 Å². The van der Waals surface area contributed by atoms with Gasteiger partial charge in [0.1, 0.15) is 0 Å². The highest BCUT2D eigenvalue weighted by Gasteiger charge is 2.06. The molecule has 1 N–H and O–H groups in total. The smallest absolute Gasteiger partial charge is 0.295 e. The number of hydrogen-bond acceptors (Lipinski definition) is 1. The first-order valence-corrected chi connectivity index (χ1v) is 3.70. The fraction of sp³-hybridized carbons (Fsp3) is 0.375. The minimum absolute atomic E-state index is 0.701. The second kappa shape index (κ2) is 3.74. The predicted molar refractivity (Wildman–Crippen MR) is 44.1 cm³/mol. The lowest BCUT2D eigenvalue weighted by Crippen LogP contribution is -2.13. The van der Waals surface area contributed by atoms with Gasteiger partial charge in [0.15, 0.2) is 0 Å². The highest BCUT2D eigenvalue weighted by atomic mass is 14.9. The van der Waals surface area contributed by atoms with E-state index < -0.39 is 0 Å². The van der Waals surface area contributed by atoms with Gasteiger partial charge in [-0.1, -0.05) is 0 Å². The van der Waals surface area contributed by atoms with Crippen LogP contribution in [0.5, 0.6) is 0 Å². The summed E-state index contributed by atoms with van der Waals surface area (Å²) in [5, 5.41) is 3.17. The zero-order chi connectivity index (χ0) is 8.10. The highest BCUT2D eigenvalue weighted by Crippen LogP contribution is 2.03. The van der Waals surface area contributed by atoms with Crippen molar-refractivity contribution < 1.29 is 4.79 Å². The molecule has 0 amide bonds. The molecule has 0 atom stereocenters. The molecule has 0 bridgehead atoms. The van der Waals surface area contributed by atoms with E-state index in [1.54, 1.807) is 6.08 Å². The third kappa shape index (κ3) is 2.06. The lowest BCUT2D eigenvalue weighted by atomic mass is 10.1. The summed E-state index contributed by atoms with van der Waals surface area (Å²) in [5.41, 5.74) is 10.2. The van der Waals surface area contributed by atoms with E-state index in [2.05, 4.69) is 10.1 Å². The van der Waals surface area contributed by atoms with Crippen LogP contribution in [-0.2, 0) is 0 Å². The van der Waals surface area contributed by atoms with E-state index in [1.807, 2.05) is 19.1 Å². The molecule has 1 aliphatic rings. The third-order valence-corrected chi connectivity index (χ3v) is 1.50. The van der Waals surface area contributed by atoms with Gasteiger partial charge in [-0.15, -0.1) is 0 Å². The van der Waals surface area contributed by atoms with E-state index in [9.17, 15) is 0 Å². The molecule has 1 aliphatic carbocycles. The third-order valence-electron chi connectivity index (χ3n) is 1.50. The second-order valence-corrected chi connectivity index (χ2v) is 2.32. The van der Waals surface area contributed by atoms with Crippen molar-refractivity contribution in [1.82, 2.24) is 5.32 Å². The van der Waals surface area contributed by atoms with Crippen molar-refractivity contribution in [2.45, 2.75) is 13.3 Å². The molecule has 3 nitrogen and oxygen atoms in total. The molecule has 11 heavy (non-hydrogen) atoms. The van der Waals surface area contributed by atoms with Crippen molar-refractivity contribution in [2.75, 3.05) is 6.54 Å². The normalized spacial score (nSPS) is 15.7. The van der Waals surface area contributed by atoms with E-state index in [1.165, 1.54) is 0 Å². The zero-order valence-electron chi connectivity index (χ0n) is 6.54. The van der Waals surface area contributed by atoms with E-state index in [-0.39, 0.29) is 0 Å². The average molecular weight is 149 g/mol. The molecule has 0 spiro atoms. The van der Waals surface area contributed by atoms with Crippen LogP contribution in [0.1, 0.15) is 13.3 Å². The molecule has 0 radical (unpaired) electrons. The highest BCUT2D eigenvalue weighted by molar-refractivity contribution is 5.92. The molecule has 3 heteroatoms. The summed E-state index contributed by atoms with van der Waals surface area (Å²) in [7, 11) is 0. The molecule has 0 aromatic rings. The van der Waals surface area contributed by atoms with Crippen molar-refractivity contribution in [3.05, 3.63) is 29.5 Å². The van der Waals surface area contributed by atoms with Gasteiger partial charge < -0.3 is 10.8 Å². The Morgan fingerprint density at radius 3 is 2.91 bits per heavy atom. The molecule has 0 saturated carbocycles. The minimum atomic E-state index is 0.701. The summed E-state index contributed by atoms with van der Waals surface area (Å²) >= 11 is 0. The van der Waals surface area contributed by atoms with Crippen LogP contribution in [0.25, 0.3) is 5.53 Å². The van der Waals surface area contributed by atoms with E-state index in [0.717, 1.165) is 12.2 Å². The largest absolute Gasteiger partial charge is 0.386 e. The standard InChI is InChI=1S/C8H11N3/c1-2-10-7-3-5-8(11-9)6-4-7/h3-5,10H,2,6H2,1H3. The molecule has 0 unspecified atom stereocenters. The Labute approximate surface area is 66.0 Å². The quantitative estimate of drug-likeness (QED) is 0.464. The molecule has 0 fully saturated rings. The number of nitrogens with one attached hydrogen (secondary N) is 1. The van der Waals surface area contributed by atoms with Crippen molar-refractivity contribution in [3.8, 4) is 0 Å². The van der Waals surface area contributed by atoms with E-state index >= 15 is 0 Å². The molecule has 0 aromatic heterocycles. The Morgan fingerprint density at radius 2 is 2.45 bits per heavy atom. The van der Waals surface area contributed by atoms with Crippen LogP contribution in [0.2, 0.25) is 0 Å². The zero-order valence-corrected chi connectivity index (χ0v) is 6.54. The summed E-state index contributed by atoms with van der Waals surface area (Å²) in [5.74, 6) is 0. The van der Waals surface area contributed by atoms with Crippen LogP contribution in [0.3, 0.4) is 0 Å². The van der Waals surface area contributed by atoms with Gasteiger partial charge >= 0.3 is 0 Å². The van der Waals surface area contributed by atoms with E-state index in [0.29, 0.717) is 12.1 Å². The van der Waals surface area contributed by atoms with Crippen molar-refractivity contribution in [1.29, 1.82) is 0 Å². The van der Waals surface area contributed by atoms with Crippen molar-refractivity contribution >= 4 is 5.71 Å². The molecule has 58 valence electrons. The monoisotopic (exact) mass is 149 g/mol. The van der Waals surface area contributed by atoms with Crippen LogP contribution in [0.4, 0.5) is 0 Å². The maximum atomic E-state index is 8.39. The van der Waals surface area contributed by atoms with Crippen LogP contribution in [-0.4, -0.2) is 17.0 Å². The van der Waals surface area contributed by atoms with Crippen LogP contribution in [0, 0.1) is 0 Å². The summed E-state index contributed by atoms with van der Waals surface area (Å²) in [6.07, 6.45) is 6.41. The Balaban J connectivity index is 2.59. The van der Waals surface area contributed by atoms with Crippen LogP contribution in [0.15, 0.2) is 23.9 Å². The van der Waals surface area contributed by atoms with Crippen LogP contribution < -0.4 is 5.32 Å². The first-order chi connectivity index (χ1) is 5.36. The molecule has 0 saturated heterocycles. The fourth-order valence-corrected chi connectivity index (χ4v) is 0.946. The maximum Gasteiger partial charge on any atom is 0.295 e. The Morgan fingerprint density at radius 1 is 1.64 bits per heavy atom. The number of nitrogens with zero attached hydrogens (tertiary/aromatic N) is 2. The van der Waals surface area contributed by atoms with Gasteiger partial charge in [-0.25, -0.2) is 0 Å².